The Morgan fingerprint density at radius 3 is 2.40 bits per heavy atom. The molecule has 0 bridgehead atoms. The standard InChI is InChI=1S/C17H23ClO2/c1-2-11-20-12-13-3-5-14(6-4-13)15-7-9-16(10-8-15)17(18)19/h7-10,13-14H,2-6,11-12H2,1H3/t13-,14-. The Morgan fingerprint density at radius 1 is 1.20 bits per heavy atom. The van der Waals surface area contributed by atoms with E-state index in [2.05, 4.69) is 6.92 Å². The van der Waals surface area contributed by atoms with Crippen molar-refractivity contribution in [3.8, 4) is 0 Å². The van der Waals surface area contributed by atoms with Gasteiger partial charge in [0.2, 0.25) is 0 Å². The number of hydrogen-bond acceptors (Lipinski definition) is 2. The molecule has 1 saturated carbocycles. The minimum Gasteiger partial charge on any atom is -0.381 e. The van der Waals surface area contributed by atoms with Crippen LogP contribution in [0.3, 0.4) is 0 Å². The molecule has 0 radical (unpaired) electrons. The Kier molecular flexibility index (Phi) is 6.06. The molecule has 0 N–H and O–H groups in total. The maximum Gasteiger partial charge on any atom is 0.252 e. The quantitative estimate of drug-likeness (QED) is 0.558. The van der Waals surface area contributed by atoms with Gasteiger partial charge in [-0.25, -0.2) is 0 Å². The first kappa shape index (κ1) is 15.5. The van der Waals surface area contributed by atoms with Crippen LogP contribution in [0.25, 0.3) is 0 Å². The van der Waals surface area contributed by atoms with E-state index in [4.69, 9.17) is 16.3 Å². The molecule has 3 heteroatoms. The zero-order chi connectivity index (χ0) is 14.4. The summed E-state index contributed by atoms with van der Waals surface area (Å²) < 4.78 is 5.65. The second-order valence-corrected chi connectivity index (χ2v) is 6.03. The van der Waals surface area contributed by atoms with Gasteiger partial charge in [0, 0.05) is 18.8 Å². The van der Waals surface area contributed by atoms with E-state index in [1.165, 1.54) is 31.2 Å². The lowest BCUT2D eigenvalue weighted by Gasteiger charge is -2.28. The van der Waals surface area contributed by atoms with Gasteiger partial charge in [-0.2, -0.15) is 0 Å². The smallest absolute Gasteiger partial charge is 0.252 e. The first-order chi connectivity index (χ1) is 9.70. The molecule has 110 valence electrons. The van der Waals surface area contributed by atoms with Crippen molar-refractivity contribution < 1.29 is 9.53 Å². The van der Waals surface area contributed by atoms with Crippen molar-refractivity contribution >= 4 is 16.8 Å². The maximum absolute atomic E-state index is 11.1. The van der Waals surface area contributed by atoms with E-state index in [-0.39, 0.29) is 5.24 Å². The Morgan fingerprint density at radius 2 is 1.85 bits per heavy atom. The molecule has 1 fully saturated rings. The molecule has 1 aromatic rings. The van der Waals surface area contributed by atoms with Crippen LogP contribution in [0, 0.1) is 5.92 Å². The van der Waals surface area contributed by atoms with Crippen LogP contribution in [0.1, 0.15) is 60.9 Å². The number of carbonyl (C=O) groups excluding carboxylic acids is 1. The summed E-state index contributed by atoms with van der Waals surface area (Å²) in [6.07, 6.45) is 6.01. The molecule has 1 aromatic carbocycles. The highest BCUT2D eigenvalue weighted by Crippen LogP contribution is 2.35. The van der Waals surface area contributed by atoms with Gasteiger partial charge in [0.15, 0.2) is 0 Å². The number of carbonyl (C=O) groups is 1. The van der Waals surface area contributed by atoms with Crippen molar-refractivity contribution in [2.24, 2.45) is 5.92 Å². The first-order valence-corrected chi connectivity index (χ1v) is 7.96. The molecule has 0 spiro atoms. The fourth-order valence-electron chi connectivity index (χ4n) is 2.94. The largest absolute Gasteiger partial charge is 0.381 e. The lowest BCUT2D eigenvalue weighted by molar-refractivity contribution is 0.0832. The lowest BCUT2D eigenvalue weighted by Crippen LogP contribution is -2.18. The molecule has 0 amide bonds. The van der Waals surface area contributed by atoms with E-state index in [0.717, 1.165) is 25.6 Å². The zero-order valence-corrected chi connectivity index (χ0v) is 12.9. The summed E-state index contributed by atoms with van der Waals surface area (Å²) in [4.78, 5) is 11.1. The van der Waals surface area contributed by atoms with Crippen LogP contribution < -0.4 is 0 Å². The molecule has 1 aliphatic rings. The van der Waals surface area contributed by atoms with Crippen molar-refractivity contribution in [1.82, 2.24) is 0 Å². The Hall–Kier alpha value is -0.860. The minimum atomic E-state index is -0.381. The van der Waals surface area contributed by atoms with Gasteiger partial charge in [-0.3, -0.25) is 4.79 Å². The van der Waals surface area contributed by atoms with Crippen molar-refractivity contribution in [2.45, 2.75) is 44.9 Å². The molecule has 0 aliphatic heterocycles. The van der Waals surface area contributed by atoms with Gasteiger partial charge in [0.05, 0.1) is 0 Å². The number of hydrogen-bond donors (Lipinski definition) is 0. The normalized spacial score (nSPS) is 22.7. The second kappa shape index (κ2) is 7.80. The summed E-state index contributed by atoms with van der Waals surface area (Å²) in [6, 6.07) is 7.77. The molecule has 0 saturated heterocycles. The summed E-state index contributed by atoms with van der Waals surface area (Å²) in [7, 11) is 0. The van der Waals surface area contributed by atoms with Crippen molar-refractivity contribution in [3.05, 3.63) is 35.4 Å². The minimum absolute atomic E-state index is 0.381. The van der Waals surface area contributed by atoms with Crippen LogP contribution in [0.5, 0.6) is 0 Å². The number of benzene rings is 1. The van der Waals surface area contributed by atoms with Crippen LogP contribution in [0.2, 0.25) is 0 Å². The summed E-state index contributed by atoms with van der Waals surface area (Å²) >= 11 is 5.47. The third-order valence-corrected chi connectivity index (χ3v) is 4.38. The van der Waals surface area contributed by atoms with Gasteiger partial charge < -0.3 is 4.74 Å². The van der Waals surface area contributed by atoms with Gasteiger partial charge >= 0.3 is 0 Å². The highest BCUT2D eigenvalue weighted by Gasteiger charge is 2.22. The van der Waals surface area contributed by atoms with Crippen LogP contribution in [-0.4, -0.2) is 18.5 Å². The van der Waals surface area contributed by atoms with Gasteiger partial charge in [0.1, 0.15) is 0 Å². The second-order valence-electron chi connectivity index (χ2n) is 5.69. The summed E-state index contributed by atoms with van der Waals surface area (Å²) in [5.74, 6) is 1.35. The van der Waals surface area contributed by atoms with Crippen LogP contribution >= 0.6 is 11.6 Å². The molecule has 20 heavy (non-hydrogen) atoms. The molecule has 0 heterocycles. The maximum atomic E-state index is 11.1. The van der Waals surface area contributed by atoms with Gasteiger partial charge in [-0.1, -0.05) is 19.1 Å². The molecule has 2 rings (SSSR count). The van der Waals surface area contributed by atoms with Crippen LogP contribution in [0.15, 0.2) is 24.3 Å². The zero-order valence-electron chi connectivity index (χ0n) is 12.1. The monoisotopic (exact) mass is 294 g/mol. The van der Waals surface area contributed by atoms with E-state index in [9.17, 15) is 4.79 Å². The third kappa shape index (κ3) is 4.32. The van der Waals surface area contributed by atoms with Crippen LogP contribution in [-0.2, 0) is 4.74 Å². The topological polar surface area (TPSA) is 26.3 Å². The third-order valence-electron chi connectivity index (χ3n) is 4.16. The lowest BCUT2D eigenvalue weighted by atomic mass is 9.79. The first-order valence-electron chi connectivity index (χ1n) is 7.58. The van der Waals surface area contributed by atoms with E-state index in [1.54, 1.807) is 0 Å². The van der Waals surface area contributed by atoms with Gasteiger partial charge in [-0.15, -0.1) is 0 Å². The average Bonchev–Trinajstić information content (AvgIpc) is 2.48. The Labute approximate surface area is 126 Å². The van der Waals surface area contributed by atoms with Crippen molar-refractivity contribution in [1.29, 1.82) is 0 Å². The molecule has 1 aliphatic carbocycles. The Bertz CT molecular complexity index is 419. The number of ether oxygens (including phenoxy) is 1. The SMILES string of the molecule is CCCOC[C@H]1CC[C@H](c2ccc(C(=O)Cl)cc2)CC1. The summed E-state index contributed by atoms with van der Waals surface area (Å²) in [5.41, 5.74) is 1.91. The molecule has 0 atom stereocenters. The summed E-state index contributed by atoms with van der Waals surface area (Å²) in [6.45, 7) is 3.94. The molecular weight excluding hydrogens is 272 g/mol. The fourth-order valence-corrected chi connectivity index (χ4v) is 3.07. The van der Waals surface area contributed by atoms with E-state index in [0.29, 0.717) is 11.5 Å². The van der Waals surface area contributed by atoms with Crippen molar-refractivity contribution in [2.75, 3.05) is 13.2 Å². The molecule has 0 aromatic heterocycles. The van der Waals surface area contributed by atoms with Crippen molar-refractivity contribution in [3.63, 3.8) is 0 Å². The number of halogens is 1. The van der Waals surface area contributed by atoms with Crippen LogP contribution in [0.4, 0.5) is 0 Å². The van der Waals surface area contributed by atoms with E-state index >= 15 is 0 Å². The van der Waals surface area contributed by atoms with E-state index in [1.807, 2.05) is 24.3 Å². The predicted molar refractivity (Wildman–Crippen MR) is 82.4 cm³/mol. The number of rotatable bonds is 6. The highest BCUT2D eigenvalue weighted by atomic mass is 35.5. The summed E-state index contributed by atoms with van der Waals surface area (Å²) in [5, 5.41) is -0.381. The highest BCUT2D eigenvalue weighted by molar-refractivity contribution is 6.67. The molecular formula is C17H23ClO2. The Balaban J connectivity index is 1.82. The molecule has 2 nitrogen and oxygen atoms in total. The van der Waals surface area contributed by atoms with Gasteiger partial charge in [-0.05, 0) is 73.2 Å². The van der Waals surface area contributed by atoms with Gasteiger partial charge in [0.25, 0.3) is 5.24 Å². The molecule has 0 unspecified atom stereocenters. The predicted octanol–water partition coefficient (Wildman–Crippen LogP) is 4.77. The average molecular weight is 295 g/mol. The fraction of sp³-hybridized carbons (Fsp3) is 0.588. The van der Waals surface area contributed by atoms with E-state index < -0.39 is 0 Å².